The lowest BCUT2D eigenvalue weighted by Crippen LogP contribution is -2.61. The summed E-state index contributed by atoms with van der Waals surface area (Å²) in [6, 6.07) is 0. The van der Waals surface area contributed by atoms with Crippen LogP contribution in [0.15, 0.2) is 11.6 Å². The predicted octanol–water partition coefficient (Wildman–Crippen LogP) is 0.148. The highest BCUT2D eigenvalue weighted by atomic mass is 32.1. The zero-order valence-corrected chi connectivity index (χ0v) is 9.25. The van der Waals surface area contributed by atoms with Crippen molar-refractivity contribution in [2.45, 2.75) is 12.5 Å². The highest BCUT2D eigenvalue weighted by molar-refractivity contribution is 7.13. The number of aliphatic hydroxyl groups is 1. The van der Waals surface area contributed by atoms with Gasteiger partial charge in [-0.05, 0) is 6.92 Å². The van der Waals surface area contributed by atoms with Crippen LogP contribution in [0, 0.1) is 0 Å². The van der Waals surface area contributed by atoms with Gasteiger partial charge in [0.25, 0.3) is 0 Å². The van der Waals surface area contributed by atoms with Crippen LogP contribution in [-0.2, 0) is 4.79 Å². The molecule has 1 aliphatic rings. The molecule has 15 heavy (non-hydrogen) atoms. The molecule has 0 aliphatic carbocycles. The van der Waals surface area contributed by atoms with Gasteiger partial charge in [0.05, 0.1) is 12.1 Å². The molecule has 0 unspecified atom stereocenters. The van der Waals surface area contributed by atoms with Crippen LogP contribution in [0.4, 0.5) is 5.13 Å². The predicted molar refractivity (Wildman–Crippen MR) is 57.8 cm³/mol. The minimum Gasteiger partial charge on any atom is -0.388 e. The molecule has 1 aromatic rings. The van der Waals surface area contributed by atoms with E-state index in [2.05, 4.69) is 10.3 Å². The monoisotopic (exact) mass is 227 g/mol. The summed E-state index contributed by atoms with van der Waals surface area (Å²) in [6.45, 7) is 3.19. The molecule has 2 rings (SSSR count). The molecule has 2 heterocycles. The fraction of sp³-hybridized carbons (Fsp3) is 0.556. The maximum absolute atomic E-state index is 11.5. The smallest absolute Gasteiger partial charge is 0.240 e. The highest BCUT2D eigenvalue weighted by Gasteiger charge is 2.37. The molecule has 0 spiro atoms. The molecule has 82 valence electrons. The van der Waals surface area contributed by atoms with E-state index in [0.717, 1.165) is 0 Å². The van der Waals surface area contributed by atoms with Crippen molar-refractivity contribution >= 4 is 22.4 Å². The first kappa shape index (κ1) is 10.5. The first-order valence-electron chi connectivity index (χ1n) is 4.69. The van der Waals surface area contributed by atoms with Gasteiger partial charge in [-0.3, -0.25) is 9.69 Å². The zero-order chi connectivity index (χ0) is 10.9. The lowest BCUT2D eigenvalue weighted by molar-refractivity contribution is -0.125. The number of amides is 1. The number of hydrogen-bond acceptors (Lipinski definition) is 5. The van der Waals surface area contributed by atoms with Crippen LogP contribution < -0.4 is 5.32 Å². The maximum atomic E-state index is 11.5. The van der Waals surface area contributed by atoms with Gasteiger partial charge in [-0.2, -0.15) is 0 Å². The average molecular weight is 227 g/mol. The van der Waals surface area contributed by atoms with Crippen molar-refractivity contribution in [1.29, 1.82) is 0 Å². The average Bonchev–Trinajstić information content (AvgIpc) is 2.52. The first-order valence-corrected chi connectivity index (χ1v) is 5.57. The molecule has 0 aromatic carbocycles. The molecule has 5 nitrogen and oxygen atoms in total. The Morgan fingerprint density at radius 2 is 2.53 bits per heavy atom. The summed E-state index contributed by atoms with van der Waals surface area (Å²) in [4.78, 5) is 17.3. The van der Waals surface area contributed by atoms with E-state index in [1.807, 2.05) is 10.3 Å². The standard InChI is InChI=1S/C9H13N3O2S/c1-9(14)5-12(6-9)4-7(13)11-8-10-2-3-15-8/h2-3,14H,4-6H2,1H3,(H,10,11,13). The summed E-state index contributed by atoms with van der Waals surface area (Å²) in [7, 11) is 0. The molecule has 1 saturated heterocycles. The van der Waals surface area contributed by atoms with Crippen molar-refractivity contribution in [2.75, 3.05) is 25.0 Å². The van der Waals surface area contributed by atoms with Crippen molar-refractivity contribution in [3.8, 4) is 0 Å². The van der Waals surface area contributed by atoms with E-state index < -0.39 is 5.60 Å². The number of rotatable bonds is 3. The lowest BCUT2D eigenvalue weighted by atomic mass is 9.97. The van der Waals surface area contributed by atoms with E-state index in [9.17, 15) is 9.90 Å². The van der Waals surface area contributed by atoms with Gasteiger partial charge in [0.2, 0.25) is 5.91 Å². The summed E-state index contributed by atoms with van der Waals surface area (Å²) in [5.41, 5.74) is -0.624. The number of carbonyl (C=O) groups is 1. The van der Waals surface area contributed by atoms with Crippen molar-refractivity contribution < 1.29 is 9.90 Å². The maximum Gasteiger partial charge on any atom is 0.240 e. The fourth-order valence-corrected chi connectivity index (χ4v) is 2.22. The Bertz CT molecular complexity index is 342. The Morgan fingerprint density at radius 1 is 1.80 bits per heavy atom. The summed E-state index contributed by atoms with van der Waals surface area (Å²) in [5, 5.41) is 14.6. The van der Waals surface area contributed by atoms with Gasteiger partial charge in [-0.15, -0.1) is 11.3 Å². The van der Waals surface area contributed by atoms with Gasteiger partial charge in [-0.1, -0.05) is 0 Å². The molecule has 0 atom stereocenters. The van der Waals surface area contributed by atoms with E-state index in [1.54, 1.807) is 13.1 Å². The third-order valence-electron chi connectivity index (χ3n) is 2.17. The van der Waals surface area contributed by atoms with Gasteiger partial charge in [0.1, 0.15) is 0 Å². The van der Waals surface area contributed by atoms with Crippen molar-refractivity contribution in [1.82, 2.24) is 9.88 Å². The van der Waals surface area contributed by atoms with Crippen LogP contribution in [0.2, 0.25) is 0 Å². The van der Waals surface area contributed by atoms with Gasteiger partial charge in [0, 0.05) is 24.7 Å². The Kier molecular flexibility index (Phi) is 2.72. The molecule has 0 saturated carbocycles. The van der Waals surface area contributed by atoms with Crippen LogP contribution >= 0.6 is 11.3 Å². The molecule has 1 aliphatic heterocycles. The number of hydrogen-bond donors (Lipinski definition) is 2. The second-order valence-electron chi connectivity index (χ2n) is 4.03. The second kappa shape index (κ2) is 3.88. The third kappa shape index (κ3) is 2.74. The Hall–Kier alpha value is -0.980. The number of carbonyl (C=O) groups excluding carboxylic acids is 1. The summed E-state index contributed by atoms with van der Waals surface area (Å²) >= 11 is 1.39. The highest BCUT2D eigenvalue weighted by Crippen LogP contribution is 2.19. The third-order valence-corrected chi connectivity index (χ3v) is 2.86. The van der Waals surface area contributed by atoms with Gasteiger partial charge < -0.3 is 10.4 Å². The zero-order valence-electron chi connectivity index (χ0n) is 8.43. The molecule has 1 amide bonds. The van der Waals surface area contributed by atoms with E-state index in [0.29, 0.717) is 24.8 Å². The quantitative estimate of drug-likeness (QED) is 0.771. The number of anilines is 1. The number of nitrogens with zero attached hydrogens (tertiary/aromatic N) is 2. The minimum atomic E-state index is -0.624. The molecular formula is C9H13N3O2S. The minimum absolute atomic E-state index is 0.0829. The van der Waals surface area contributed by atoms with E-state index in [-0.39, 0.29) is 5.91 Å². The molecule has 6 heteroatoms. The number of β-amino-alcohol motifs (C(OH)–C–C–N with tert-alkyl or cyclic N) is 1. The summed E-state index contributed by atoms with van der Waals surface area (Å²) in [6.07, 6.45) is 1.65. The van der Waals surface area contributed by atoms with Crippen LogP contribution in [0.25, 0.3) is 0 Å². The van der Waals surface area contributed by atoms with Crippen molar-refractivity contribution in [3.63, 3.8) is 0 Å². The first-order chi connectivity index (χ1) is 7.05. The normalized spacial score (nSPS) is 19.6. The Balaban J connectivity index is 1.75. The van der Waals surface area contributed by atoms with E-state index in [4.69, 9.17) is 0 Å². The number of nitrogens with one attached hydrogen (secondary N) is 1. The van der Waals surface area contributed by atoms with Crippen LogP contribution in [0.1, 0.15) is 6.92 Å². The molecule has 0 bridgehead atoms. The van der Waals surface area contributed by atoms with E-state index in [1.165, 1.54) is 11.3 Å². The largest absolute Gasteiger partial charge is 0.388 e. The van der Waals surface area contributed by atoms with E-state index >= 15 is 0 Å². The molecule has 2 N–H and O–H groups in total. The summed E-state index contributed by atoms with van der Waals surface area (Å²) < 4.78 is 0. The summed E-state index contributed by atoms with van der Waals surface area (Å²) in [5.74, 6) is -0.0829. The SMILES string of the molecule is CC1(O)CN(CC(=O)Nc2nccs2)C1. The molecule has 1 aromatic heterocycles. The van der Waals surface area contributed by atoms with Crippen LogP contribution in [0.5, 0.6) is 0 Å². The number of likely N-dealkylation sites (tertiary alicyclic amines) is 1. The van der Waals surface area contributed by atoms with Gasteiger partial charge in [0.15, 0.2) is 5.13 Å². The van der Waals surface area contributed by atoms with Crippen LogP contribution in [0.3, 0.4) is 0 Å². The topological polar surface area (TPSA) is 65.5 Å². The Morgan fingerprint density at radius 3 is 3.07 bits per heavy atom. The van der Waals surface area contributed by atoms with Gasteiger partial charge in [-0.25, -0.2) is 4.98 Å². The fourth-order valence-electron chi connectivity index (χ4n) is 1.68. The van der Waals surface area contributed by atoms with Gasteiger partial charge >= 0.3 is 0 Å². The molecule has 0 radical (unpaired) electrons. The van der Waals surface area contributed by atoms with Crippen molar-refractivity contribution in [3.05, 3.63) is 11.6 Å². The number of thiazole rings is 1. The second-order valence-corrected chi connectivity index (χ2v) is 4.92. The number of aromatic nitrogens is 1. The van der Waals surface area contributed by atoms with Crippen LogP contribution in [-0.4, -0.2) is 46.1 Å². The Labute approximate surface area is 91.7 Å². The lowest BCUT2D eigenvalue weighted by Gasteiger charge is -2.43. The van der Waals surface area contributed by atoms with Crippen molar-refractivity contribution in [2.24, 2.45) is 0 Å². The molecular weight excluding hydrogens is 214 g/mol. The molecule has 1 fully saturated rings.